The second kappa shape index (κ2) is 3.90. The molecule has 0 N–H and O–H groups in total. The van der Waals surface area contributed by atoms with Crippen LogP contribution < -0.4 is 0 Å². The van der Waals surface area contributed by atoms with Crippen molar-refractivity contribution in [3.63, 3.8) is 0 Å². The zero-order valence-electron chi connectivity index (χ0n) is 4.96. The van der Waals surface area contributed by atoms with Crippen LogP contribution in [0, 0.1) is 0 Å². The molecule has 0 aliphatic rings. The van der Waals surface area contributed by atoms with E-state index < -0.39 is 0 Å². The minimum Gasteiger partial charge on any atom is -0.352 e. The Morgan fingerprint density at radius 2 is 2.00 bits per heavy atom. The van der Waals surface area contributed by atoms with Gasteiger partial charge in [-0.15, -0.1) is 0 Å². The first-order chi connectivity index (χ1) is 4.43. The zero-order valence-corrected chi connectivity index (χ0v) is 7.11. The highest BCUT2D eigenvalue weighted by molar-refractivity contribution is 14.1. The Kier molecular flexibility index (Phi) is 3.06. The fourth-order valence-corrected chi connectivity index (χ4v) is 0.856. The number of hydrogen-bond acceptors (Lipinski definition) is 1. The molecule has 3 heteroatoms. The van der Waals surface area contributed by atoms with Gasteiger partial charge in [-0.1, -0.05) is 0 Å². The fourth-order valence-electron chi connectivity index (χ4n) is 0.659. The molecule has 0 aliphatic carbocycles. The van der Waals surface area contributed by atoms with Gasteiger partial charge in [-0.2, -0.15) is 0 Å². The minimum atomic E-state index is 0.773. The topological polar surface area (TPSA) is 14.2 Å². The number of aromatic nitrogens is 1. The molecular formula is C6H8INO. The van der Waals surface area contributed by atoms with E-state index in [0.717, 1.165) is 13.2 Å². The number of hydrogen-bond donors (Lipinski definition) is 0. The summed E-state index contributed by atoms with van der Waals surface area (Å²) in [5.41, 5.74) is 0. The molecule has 0 fully saturated rings. The van der Waals surface area contributed by atoms with Gasteiger partial charge in [0.25, 0.3) is 0 Å². The van der Waals surface area contributed by atoms with Gasteiger partial charge >= 0.3 is 0 Å². The molecule has 0 aliphatic heterocycles. The fraction of sp³-hybridized carbons (Fsp3) is 0.333. The summed E-state index contributed by atoms with van der Waals surface area (Å²) in [5, 5.41) is 0. The van der Waals surface area contributed by atoms with Gasteiger partial charge in [-0.25, -0.2) is 0 Å². The van der Waals surface area contributed by atoms with Crippen LogP contribution in [0.1, 0.15) is 0 Å². The average molecular weight is 237 g/mol. The largest absolute Gasteiger partial charge is 0.352 e. The normalized spacial score (nSPS) is 9.89. The van der Waals surface area contributed by atoms with Crippen molar-refractivity contribution in [3.8, 4) is 0 Å². The lowest BCUT2D eigenvalue weighted by Gasteiger charge is -1.97. The molecule has 0 bridgehead atoms. The second-order valence-corrected chi connectivity index (χ2v) is 2.36. The highest BCUT2D eigenvalue weighted by Crippen LogP contribution is 1.91. The molecule has 0 amide bonds. The quantitative estimate of drug-likeness (QED) is 0.732. The third kappa shape index (κ3) is 2.36. The summed E-state index contributed by atoms with van der Waals surface area (Å²) in [6.45, 7) is 1.71. The van der Waals surface area contributed by atoms with Crippen LogP contribution in [0.2, 0.25) is 0 Å². The summed E-state index contributed by atoms with van der Waals surface area (Å²) >= 11 is 1.90. The lowest BCUT2D eigenvalue weighted by atomic mass is 10.7. The van der Waals surface area contributed by atoms with E-state index in [-0.39, 0.29) is 0 Å². The number of halogens is 1. The maximum Gasteiger partial charge on any atom is 0.109 e. The number of rotatable bonds is 3. The van der Waals surface area contributed by atoms with Crippen molar-refractivity contribution in [1.29, 1.82) is 0 Å². The maximum absolute atomic E-state index is 4.86. The predicted octanol–water partition coefficient (Wildman–Crippen LogP) is 1.85. The van der Waals surface area contributed by atoms with Crippen molar-refractivity contribution >= 4 is 23.0 Å². The number of nitrogens with zero attached hydrogens (tertiary/aromatic N) is 1. The van der Waals surface area contributed by atoms with Crippen molar-refractivity contribution in [2.75, 3.05) is 6.61 Å². The second-order valence-electron chi connectivity index (χ2n) is 1.73. The van der Waals surface area contributed by atoms with Crippen LogP contribution in [0.4, 0.5) is 0 Å². The molecule has 0 aromatic carbocycles. The van der Waals surface area contributed by atoms with E-state index in [1.54, 1.807) is 0 Å². The Balaban J connectivity index is 2.30. The zero-order chi connectivity index (χ0) is 6.53. The molecule has 1 aromatic rings. The summed E-state index contributed by atoms with van der Waals surface area (Å²) in [4.78, 5) is 0. The van der Waals surface area contributed by atoms with E-state index in [1.165, 1.54) is 0 Å². The van der Waals surface area contributed by atoms with Gasteiger partial charge in [-0.05, 0) is 12.1 Å². The molecule has 0 saturated carbocycles. The smallest absolute Gasteiger partial charge is 0.109 e. The summed E-state index contributed by atoms with van der Waals surface area (Å²) in [7, 11) is 0. The van der Waals surface area contributed by atoms with Crippen LogP contribution in [0.15, 0.2) is 24.5 Å². The average Bonchev–Trinajstić information content (AvgIpc) is 2.34. The lowest BCUT2D eigenvalue weighted by Crippen LogP contribution is -1.98. The Morgan fingerprint density at radius 1 is 1.33 bits per heavy atom. The van der Waals surface area contributed by atoms with E-state index >= 15 is 0 Å². The van der Waals surface area contributed by atoms with E-state index in [1.807, 2.05) is 47.5 Å². The molecule has 0 unspecified atom stereocenters. The van der Waals surface area contributed by atoms with Gasteiger partial charge < -0.3 is 7.63 Å². The maximum atomic E-state index is 4.86. The Labute approximate surface area is 68.5 Å². The van der Waals surface area contributed by atoms with Crippen molar-refractivity contribution in [3.05, 3.63) is 24.5 Å². The van der Waals surface area contributed by atoms with Crippen LogP contribution in [-0.2, 0) is 9.61 Å². The lowest BCUT2D eigenvalue weighted by molar-refractivity contribution is 0.393. The van der Waals surface area contributed by atoms with E-state index in [0.29, 0.717) is 0 Å². The van der Waals surface area contributed by atoms with Crippen LogP contribution in [-0.4, -0.2) is 11.2 Å². The molecule has 50 valence electrons. The van der Waals surface area contributed by atoms with Gasteiger partial charge in [0.1, 0.15) is 23.0 Å². The molecule has 0 atom stereocenters. The SMILES string of the molecule is IOCCn1cccc1. The Morgan fingerprint density at radius 3 is 2.56 bits per heavy atom. The molecule has 0 radical (unpaired) electrons. The van der Waals surface area contributed by atoms with Crippen molar-refractivity contribution in [1.82, 2.24) is 4.57 Å². The third-order valence-corrected chi connectivity index (χ3v) is 1.53. The molecule has 1 aromatic heterocycles. The predicted molar refractivity (Wildman–Crippen MR) is 44.4 cm³/mol. The van der Waals surface area contributed by atoms with Crippen molar-refractivity contribution in [2.45, 2.75) is 6.54 Å². The summed E-state index contributed by atoms with van der Waals surface area (Å²) in [6.07, 6.45) is 4.05. The first-order valence-corrected chi connectivity index (χ1v) is 3.66. The van der Waals surface area contributed by atoms with Crippen LogP contribution in [0.3, 0.4) is 0 Å². The van der Waals surface area contributed by atoms with Gasteiger partial charge in [0.2, 0.25) is 0 Å². The first kappa shape index (κ1) is 7.08. The molecule has 1 heterocycles. The Hall–Kier alpha value is -0.0300. The van der Waals surface area contributed by atoms with Gasteiger partial charge in [-0.3, -0.25) is 0 Å². The van der Waals surface area contributed by atoms with E-state index in [4.69, 9.17) is 3.07 Å². The highest BCUT2D eigenvalue weighted by atomic mass is 127. The molecule has 0 saturated heterocycles. The minimum absolute atomic E-state index is 0.773. The summed E-state index contributed by atoms with van der Waals surface area (Å²) in [6, 6.07) is 4.01. The standard InChI is InChI=1S/C6H8INO/c7-9-6-5-8-3-1-2-4-8/h1-4H,5-6H2. The van der Waals surface area contributed by atoms with Gasteiger partial charge in [0.05, 0.1) is 6.61 Å². The van der Waals surface area contributed by atoms with Crippen LogP contribution in [0.25, 0.3) is 0 Å². The molecule has 1 rings (SSSR count). The Bertz CT molecular complexity index is 150. The van der Waals surface area contributed by atoms with E-state index in [2.05, 4.69) is 4.57 Å². The van der Waals surface area contributed by atoms with Crippen LogP contribution in [0.5, 0.6) is 0 Å². The highest BCUT2D eigenvalue weighted by Gasteiger charge is 1.85. The first-order valence-electron chi connectivity index (χ1n) is 2.78. The molecule has 2 nitrogen and oxygen atoms in total. The summed E-state index contributed by atoms with van der Waals surface area (Å²) < 4.78 is 6.95. The molecular weight excluding hydrogens is 229 g/mol. The monoisotopic (exact) mass is 237 g/mol. The van der Waals surface area contributed by atoms with Crippen molar-refractivity contribution < 1.29 is 3.07 Å². The van der Waals surface area contributed by atoms with Crippen molar-refractivity contribution in [2.24, 2.45) is 0 Å². The molecule has 0 spiro atoms. The third-order valence-electron chi connectivity index (χ3n) is 1.09. The van der Waals surface area contributed by atoms with Gasteiger partial charge in [0, 0.05) is 18.9 Å². The molecule has 9 heavy (non-hydrogen) atoms. The summed E-state index contributed by atoms with van der Waals surface area (Å²) in [5.74, 6) is 0. The van der Waals surface area contributed by atoms with E-state index in [9.17, 15) is 0 Å². The van der Waals surface area contributed by atoms with Gasteiger partial charge in [0.15, 0.2) is 0 Å². The van der Waals surface area contributed by atoms with Crippen LogP contribution >= 0.6 is 23.0 Å².